The van der Waals surface area contributed by atoms with Crippen molar-refractivity contribution in [3.05, 3.63) is 63.6 Å². The van der Waals surface area contributed by atoms with Crippen LogP contribution in [0.4, 0.5) is 11.4 Å². The number of carbonyl (C=O) groups excluding carboxylic acids is 1. The van der Waals surface area contributed by atoms with Crippen molar-refractivity contribution in [3.8, 4) is 6.07 Å². The number of nitrogens with zero attached hydrogens (tertiary/aromatic N) is 2. The van der Waals surface area contributed by atoms with Gasteiger partial charge in [-0.1, -0.05) is 43.6 Å². The Bertz CT molecular complexity index is 1050. The third kappa shape index (κ3) is 2.77. The van der Waals surface area contributed by atoms with Crippen molar-refractivity contribution in [1.82, 2.24) is 4.98 Å². The van der Waals surface area contributed by atoms with E-state index in [1.807, 2.05) is 38.1 Å². The van der Waals surface area contributed by atoms with E-state index in [0.717, 1.165) is 11.3 Å². The number of hydrogen-bond donors (Lipinski definition) is 2. The quantitative estimate of drug-likeness (QED) is 0.681. The predicted octanol–water partition coefficient (Wildman–Crippen LogP) is 5.00. The minimum absolute atomic E-state index is 0.0788. The number of ketones is 1. The third-order valence-electron chi connectivity index (χ3n) is 5.20. The Morgan fingerprint density at radius 2 is 2.04 bits per heavy atom. The van der Waals surface area contributed by atoms with Crippen LogP contribution in [0.2, 0.25) is 5.15 Å². The molecule has 1 aliphatic heterocycles. The zero-order valence-corrected chi connectivity index (χ0v) is 15.8. The molecule has 2 aliphatic rings. The Morgan fingerprint density at radius 3 is 2.74 bits per heavy atom. The van der Waals surface area contributed by atoms with E-state index < -0.39 is 5.92 Å². The van der Waals surface area contributed by atoms with E-state index in [1.165, 1.54) is 0 Å². The summed E-state index contributed by atoms with van der Waals surface area (Å²) in [6.45, 7) is 3.94. The summed E-state index contributed by atoms with van der Waals surface area (Å²) in [6, 6.07) is 9.67. The molecule has 136 valence electrons. The molecule has 0 bridgehead atoms. The first-order valence-corrected chi connectivity index (χ1v) is 9.10. The fourth-order valence-electron chi connectivity index (χ4n) is 4.06. The summed E-state index contributed by atoms with van der Waals surface area (Å²) in [5.74, 6) is -0.458. The summed E-state index contributed by atoms with van der Waals surface area (Å²) in [7, 11) is 0. The van der Waals surface area contributed by atoms with Crippen LogP contribution in [0.15, 0.2) is 41.8 Å². The van der Waals surface area contributed by atoms with Crippen LogP contribution in [0.25, 0.3) is 0 Å². The largest absolute Gasteiger partial charge is 0.512 e. The lowest BCUT2D eigenvalue weighted by Crippen LogP contribution is -2.30. The lowest BCUT2D eigenvalue weighted by molar-refractivity contribution is -0.118. The van der Waals surface area contributed by atoms with Crippen LogP contribution >= 0.6 is 11.6 Å². The summed E-state index contributed by atoms with van der Waals surface area (Å²) in [6.07, 6.45) is 2.38. The van der Waals surface area contributed by atoms with Crippen LogP contribution in [0.5, 0.6) is 0 Å². The molecule has 0 saturated carbocycles. The van der Waals surface area contributed by atoms with Crippen molar-refractivity contribution in [2.45, 2.75) is 32.6 Å². The Kier molecular flexibility index (Phi) is 3.97. The Balaban J connectivity index is 2.00. The van der Waals surface area contributed by atoms with Gasteiger partial charge in [0, 0.05) is 41.8 Å². The monoisotopic (exact) mass is 379 g/mol. The highest BCUT2D eigenvalue weighted by Crippen LogP contribution is 2.50. The molecule has 0 amide bonds. The molecule has 2 N–H and O–H groups in total. The molecule has 1 unspecified atom stereocenters. The lowest BCUT2D eigenvalue weighted by Gasteiger charge is -2.36. The molecule has 0 spiro atoms. The Hall–Kier alpha value is -2.84. The Morgan fingerprint density at radius 1 is 1.30 bits per heavy atom. The van der Waals surface area contributed by atoms with Crippen LogP contribution in [-0.4, -0.2) is 15.9 Å². The fourth-order valence-corrected chi connectivity index (χ4v) is 4.25. The van der Waals surface area contributed by atoms with Crippen LogP contribution in [0.1, 0.15) is 49.3 Å². The van der Waals surface area contributed by atoms with Gasteiger partial charge in [-0.2, -0.15) is 5.26 Å². The second kappa shape index (κ2) is 6.11. The first-order chi connectivity index (χ1) is 12.8. The maximum absolute atomic E-state index is 13.0. The average molecular weight is 380 g/mol. The molecule has 4 rings (SSSR count). The highest BCUT2D eigenvalue weighted by atomic mass is 35.5. The number of benzene rings is 1. The van der Waals surface area contributed by atoms with Crippen molar-refractivity contribution < 1.29 is 9.90 Å². The number of rotatable bonds is 1. The summed E-state index contributed by atoms with van der Waals surface area (Å²) < 4.78 is 0. The van der Waals surface area contributed by atoms with E-state index in [-0.39, 0.29) is 27.7 Å². The van der Waals surface area contributed by atoms with Gasteiger partial charge < -0.3 is 10.4 Å². The highest BCUT2D eigenvalue weighted by Gasteiger charge is 2.40. The van der Waals surface area contributed by atoms with Crippen LogP contribution in [0.3, 0.4) is 0 Å². The molecule has 1 aromatic heterocycles. The molecule has 0 radical (unpaired) electrons. The van der Waals surface area contributed by atoms with Crippen molar-refractivity contribution >= 4 is 28.8 Å². The predicted molar refractivity (Wildman–Crippen MR) is 103 cm³/mol. The molecule has 1 atom stereocenters. The van der Waals surface area contributed by atoms with Crippen LogP contribution in [0, 0.1) is 16.7 Å². The number of hydrogen-bond acceptors (Lipinski definition) is 5. The second-order valence-electron chi connectivity index (χ2n) is 7.81. The van der Waals surface area contributed by atoms with Crippen molar-refractivity contribution in [2.24, 2.45) is 5.41 Å². The first-order valence-electron chi connectivity index (χ1n) is 8.72. The molecule has 0 fully saturated rings. The third-order valence-corrected chi connectivity index (χ3v) is 5.49. The molecule has 0 saturated heterocycles. The number of nitrogens with one attached hydrogen (secondary N) is 1. The maximum atomic E-state index is 13.0. The van der Waals surface area contributed by atoms with Gasteiger partial charge in [0.05, 0.1) is 5.69 Å². The van der Waals surface area contributed by atoms with E-state index in [4.69, 9.17) is 11.6 Å². The molecule has 2 aromatic rings. The maximum Gasteiger partial charge on any atom is 0.163 e. The number of pyridine rings is 1. The standard InChI is InChI=1S/C21H18ClN3O2/c1-21(2)7-15(26)18(16(27)8-21)17-11-5-3-4-6-14(11)25-19-12(9-23)20(22)24-10-13(17)19/h3-6,10,17,25-26H,7-8H2,1-2H3. The number of para-hydroxylation sites is 1. The second-order valence-corrected chi connectivity index (χ2v) is 8.17. The van der Waals surface area contributed by atoms with Crippen molar-refractivity contribution in [3.63, 3.8) is 0 Å². The molecule has 2 heterocycles. The highest BCUT2D eigenvalue weighted by molar-refractivity contribution is 6.31. The van der Waals surface area contributed by atoms with Gasteiger partial charge >= 0.3 is 0 Å². The van der Waals surface area contributed by atoms with E-state index in [1.54, 1.807) is 6.20 Å². The lowest BCUT2D eigenvalue weighted by atomic mass is 9.70. The zero-order valence-electron chi connectivity index (χ0n) is 15.0. The molecule has 1 aromatic carbocycles. The normalized spacial score (nSPS) is 20.4. The van der Waals surface area contributed by atoms with Gasteiger partial charge in [0.15, 0.2) is 5.78 Å². The van der Waals surface area contributed by atoms with Gasteiger partial charge in [-0.3, -0.25) is 4.79 Å². The number of halogens is 1. The average Bonchev–Trinajstić information content (AvgIpc) is 2.59. The molecule has 1 aliphatic carbocycles. The molecular formula is C21H18ClN3O2. The van der Waals surface area contributed by atoms with E-state index in [9.17, 15) is 15.2 Å². The summed E-state index contributed by atoms with van der Waals surface area (Å²) >= 11 is 6.11. The number of Topliss-reactive ketones (excluding diaryl/α,β-unsaturated/α-hetero) is 1. The van der Waals surface area contributed by atoms with Gasteiger partial charge in [0.1, 0.15) is 22.5 Å². The molecular weight excluding hydrogens is 362 g/mol. The van der Waals surface area contributed by atoms with Crippen molar-refractivity contribution in [1.29, 1.82) is 5.26 Å². The van der Waals surface area contributed by atoms with E-state index >= 15 is 0 Å². The Labute approximate surface area is 162 Å². The first kappa shape index (κ1) is 17.6. The summed E-state index contributed by atoms with van der Waals surface area (Å²) in [5.41, 5.74) is 3.20. The van der Waals surface area contributed by atoms with Gasteiger partial charge in [0.25, 0.3) is 0 Å². The smallest absolute Gasteiger partial charge is 0.163 e. The molecule has 27 heavy (non-hydrogen) atoms. The minimum Gasteiger partial charge on any atom is -0.512 e. The number of carbonyl (C=O) groups is 1. The van der Waals surface area contributed by atoms with E-state index in [2.05, 4.69) is 16.4 Å². The minimum atomic E-state index is -0.488. The van der Waals surface area contributed by atoms with Gasteiger partial charge in [-0.15, -0.1) is 0 Å². The van der Waals surface area contributed by atoms with Gasteiger partial charge in [0.2, 0.25) is 0 Å². The number of nitriles is 1. The number of aromatic nitrogens is 1. The summed E-state index contributed by atoms with van der Waals surface area (Å²) in [4.78, 5) is 17.2. The molecule has 6 heteroatoms. The number of allylic oxidation sites excluding steroid dienone is 2. The van der Waals surface area contributed by atoms with Gasteiger partial charge in [-0.25, -0.2) is 4.98 Å². The topological polar surface area (TPSA) is 86.0 Å². The van der Waals surface area contributed by atoms with E-state index in [0.29, 0.717) is 29.7 Å². The van der Waals surface area contributed by atoms with Crippen LogP contribution < -0.4 is 5.32 Å². The zero-order chi connectivity index (χ0) is 19.3. The molecule has 5 nitrogen and oxygen atoms in total. The SMILES string of the molecule is CC1(C)CC(=O)C(C2c3ccccc3Nc3c2cnc(Cl)c3C#N)=C(O)C1. The fraction of sp³-hybridized carbons (Fsp3) is 0.286. The summed E-state index contributed by atoms with van der Waals surface area (Å²) in [5, 5.41) is 23.7. The number of aliphatic hydroxyl groups excluding tert-OH is 1. The number of anilines is 2. The van der Waals surface area contributed by atoms with Crippen molar-refractivity contribution in [2.75, 3.05) is 5.32 Å². The number of fused-ring (bicyclic) bond motifs is 2. The van der Waals surface area contributed by atoms with Gasteiger partial charge in [-0.05, 0) is 17.0 Å². The van der Waals surface area contributed by atoms with Crippen LogP contribution in [-0.2, 0) is 4.79 Å². The number of aliphatic hydroxyl groups is 1.